The quantitative estimate of drug-likeness (QED) is 0.505. The zero-order valence-electron chi connectivity index (χ0n) is 13.9. The number of nitrogens with one attached hydrogen (secondary N) is 2. The highest BCUT2D eigenvalue weighted by molar-refractivity contribution is 5.93. The molecule has 0 aliphatic rings. The number of nitro groups is 1. The lowest BCUT2D eigenvalue weighted by Gasteiger charge is -2.18. The van der Waals surface area contributed by atoms with Crippen molar-refractivity contribution in [2.24, 2.45) is 0 Å². The number of hydrogen-bond donors (Lipinski definition) is 3. The monoisotopic (exact) mass is 343 g/mol. The molecule has 2 aromatic carbocycles. The molecule has 0 spiro atoms. The van der Waals surface area contributed by atoms with Crippen LogP contribution in [0.3, 0.4) is 0 Å². The van der Waals surface area contributed by atoms with E-state index in [1.54, 1.807) is 6.92 Å². The minimum absolute atomic E-state index is 0.00956. The summed E-state index contributed by atoms with van der Waals surface area (Å²) in [6.45, 7) is 1.78. The average Bonchev–Trinajstić information content (AvgIpc) is 2.61. The molecule has 7 heteroatoms. The van der Waals surface area contributed by atoms with Crippen molar-refractivity contribution in [1.29, 1.82) is 0 Å². The summed E-state index contributed by atoms with van der Waals surface area (Å²) in [6.07, 6.45) is 0.494. The van der Waals surface area contributed by atoms with Gasteiger partial charge in [-0.3, -0.25) is 14.9 Å². The maximum atomic E-state index is 12.2. The average molecular weight is 343 g/mol. The molecule has 0 saturated heterocycles. The first-order chi connectivity index (χ1) is 12.0. The van der Waals surface area contributed by atoms with E-state index in [0.29, 0.717) is 17.7 Å². The molecule has 2 rings (SSSR count). The van der Waals surface area contributed by atoms with Gasteiger partial charge in [0.2, 0.25) is 5.91 Å². The lowest BCUT2D eigenvalue weighted by Crippen LogP contribution is -2.32. The number of hydrogen-bond acceptors (Lipinski definition) is 5. The van der Waals surface area contributed by atoms with E-state index in [1.807, 2.05) is 30.3 Å². The van der Waals surface area contributed by atoms with Gasteiger partial charge in [-0.25, -0.2) is 0 Å². The van der Waals surface area contributed by atoms with Gasteiger partial charge in [0.25, 0.3) is 5.69 Å². The van der Waals surface area contributed by atoms with Crippen LogP contribution in [0.1, 0.15) is 23.6 Å². The fourth-order valence-electron chi connectivity index (χ4n) is 2.51. The van der Waals surface area contributed by atoms with Crippen molar-refractivity contribution < 1.29 is 14.8 Å². The Balaban J connectivity index is 1.96. The van der Waals surface area contributed by atoms with Gasteiger partial charge in [0.15, 0.2) is 0 Å². The van der Waals surface area contributed by atoms with E-state index in [2.05, 4.69) is 10.6 Å². The summed E-state index contributed by atoms with van der Waals surface area (Å²) in [5.74, 6) is -0.254. The predicted molar refractivity (Wildman–Crippen MR) is 95.4 cm³/mol. The molecule has 2 aromatic rings. The number of carbonyl (C=O) groups excluding carboxylic acids is 1. The molecule has 0 heterocycles. The van der Waals surface area contributed by atoms with Crippen molar-refractivity contribution in [2.75, 3.05) is 18.5 Å². The third-order valence-corrected chi connectivity index (χ3v) is 3.82. The summed E-state index contributed by atoms with van der Waals surface area (Å²) >= 11 is 0. The second-order valence-corrected chi connectivity index (χ2v) is 5.66. The van der Waals surface area contributed by atoms with Gasteiger partial charge in [0.05, 0.1) is 11.5 Å². The highest BCUT2D eigenvalue weighted by atomic mass is 16.6. The van der Waals surface area contributed by atoms with E-state index in [0.717, 1.165) is 5.56 Å². The number of aliphatic hydroxyl groups excluding tert-OH is 1. The third kappa shape index (κ3) is 5.37. The van der Waals surface area contributed by atoms with E-state index in [4.69, 9.17) is 0 Å². The fraction of sp³-hybridized carbons (Fsp3) is 0.278. The van der Waals surface area contributed by atoms with Crippen LogP contribution in [0.2, 0.25) is 0 Å². The molecule has 132 valence electrons. The van der Waals surface area contributed by atoms with E-state index < -0.39 is 4.92 Å². The lowest BCUT2D eigenvalue weighted by molar-refractivity contribution is -0.384. The Morgan fingerprint density at radius 3 is 2.56 bits per heavy atom. The van der Waals surface area contributed by atoms with Gasteiger partial charge in [-0.05, 0) is 30.5 Å². The maximum Gasteiger partial charge on any atom is 0.269 e. The van der Waals surface area contributed by atoms with Gasteiger partial charge in [0, 0.05) is 30.5 Å². The van der Waals surface area contributed by atoms with Crippen LogP contribution in [0.4, 0.5) is 11.4 Å². The van der Waals surface area contributed by atoms with Gasteiger partial charge < -0.3 is 15.7 Å². The van der Waals surface area contributed by atoms with Gasteiger partial charge in [-0.15, -0.1) is 0 Å². The molecule has 3 N–H and O–H groups in total. The highest BCUT2D eigenvalue weighted by Gasteiger charge is 2.14. The molecule has 1 unspecified atom stereocenters. The standard InChI is InChI=1S/C18H21N3O4/c1-13-11-15(21(24)25)7-8-16(13)20-18(23)12-19-17(9-10-22)14-5-3-2-4-6-14/h2-8,11,17,19,22H,9-10,12H2,1H3,(H,20,23). The molecule has 0 aliphatic carbocycles. The lowest BCUT2D eigenvalue weighted by atomic mass is 10.0. The number of aliphatic hydroxyl groups is 1. The molecule has 0 saturated carbocycles. The molecule has 0 radical (unpaired) electrons. The van der Waals surface area contributed by atoms with Crippen molar-refractivity contribution in [3.05, 3.63) is 69.8 Å². The summed E-state index contributed by atoms with van der Waals surface area (Å²) in [5.41, 5.74) is 2.14. The zero-order chi connectivity index (χ0) is 18.2. The van der Waals surface area contributed by atoms with Crippen molar-refractivity contribution in [1.82, 2.24) is 5.32 Å². The molecule has 0 fully saturated rings. The van der Waals surface area contributed by atoms with Gasteiger partial charge in [0.1, 0.15) is 0 Å². The van der Waals surface area contributed by atoms with Crippen LogP contribution < -0.4 is 10.6 Å². The van der Waals surface area contributed by atoms with Crippen molar-refractivity contribution >= 4 is 17.3 Å². The van der Waals surface area contributed by atoms with Gasteiger partial charge in [-0.1, -0.05) is 30.3 Å². The normalized spacial score (nSPS) is 11.8. The van der Waals surface area contributed by atoms with E-state index in [9.17, 15) is 20.0 Å². The topological polar surface area (TPSA) is 105 Å². The summed E-state index contributed by atoms with van der Waals surface area (Å²) in [6, 6.07) is 13.8. The van der Waals surface area contributed by atoms with Gasteiger partial charge in [-0.2, -0.15) is 0 Å². The molecule has 0 bridgehead atoms. The highest BCUT2D eigenvalue weighted by Crippen LogP contribution is 2.21. The Kier molecular flexibility index (Phi) is 6.62. The van der Waals surface area contributed by atoms with Crippen LogP contribution in [0, 0.1) is 17.0 Å². The van der Waals surface area contributed by atoms with Crippen LogP contribution in [0.5, 0.6) is 0 Å². The van der Waals surface area contributed by atoms with Crippen LogP contribution >= 0.6 is 0 Å². The van der Waals surface area contributed by atoms with Crippen molar-refractivity contribution in [2.45, 2.75) is 19.4 Å². The summed E-state index contributed by atoms with van der Waals surface area (Å²) in [4.78, 5) is 22.4. The number of anilines is 1. The van der Waals surface area contributed by atoms with Crippen LogP contribution in [0.15, 0.2) is 48.5 Å². The molecule has 0 aliphatic heterocycles. The molecular weight excluding hydrogens is 322 g/mol. The third-order valence-electron chi connectivity index (χ3n) is 3.82. The number of amides is 1. The first-order valence-electron chi connectivity index (χ1n) is 7.95. The Morgan fingerprint density at radius 2 is 1.96 bits per heavy atom. The maximum absolute atomic E-state index is 12.2. The Hall–Kier alpha value is -2.77. The van der Waals surface area contributed by atoms with E-state index in [-0.39, 0.29) is 30.8 Å². The number of nitro benzene ring substituents is 1. The summed E-state index contributed by atoms with van der Waals surface area (Å²) in [7, 11) is 0. The van der Waals surface area contributed by atoms with Crippen LogP contribution in [-0.2, 0) is 4.79 Å². The zero-order valence-corrected chi connectivity index (χ0v) is 13.9. The predicted octanol–water partition coefficient (Wildman–Crippen LogP) is 2.56. The van der Waals surface area contributed by atoms with E-state index in [1.165, 1.54) is 18.2 Å². The first-order valence-corrected chi connectivity index (χ1v) is 7.95. The van der Waals surface area contributed by atoms with Gasteiger partial charge >= 0.3 is 0 Å². The number of aryl methyl sites for hydroxylation is 1. The van der Waals surface area contributed by atoms with Crippen LogP contribution in [-0.4, -0.2) is 29.1 Å². The number of benzene rings is 2. The molecule has 1 atom stereocenters. The van der Waals surface area contributed by atoms with Crippen LogP contribution in [0.25, 0.3) is 0 Å². The SMILES string of the molecule is Cc1cc([N+](=O)[O-])ccc1NC(=O)CNC(CCO)c1ccccc1. The number of nitrogens with zero attached hydrogens (tertiary/aromatic N) is 1. The van der Waals surface area contributed by atoms with E-state index >= 15 is 0 Å². The smallest absolute Gasteiger partial charge is 0.269 e. The largest absolute Gasteiger partial charge is 0.396 e. The van der Waals surface area contributed by atoms with Crippen molar-refractivity contribution in [3.8, 4) is 0 Å². The summed E-state index contributed by atoms with van der Waals surface area (Å²) in [5, 5.41) is 25.8. The molecular formula is C18H21N3O4. The van der Waals surface area contributed by atoms with Crippen molar-refractivity contribution in [3.63, 3.8) is 0 Å². The second kappa shape index (κ2) is 8.91. The molecule has 1 amide bonds. The fourth-order valence-corrected chi connectivity index (χ4v) is 2.51. The number of carbonyl (C=O) groups is 1. The molecule has 7 nitrogen and oxygen atoms in total. The minimum atomic E-state index is -0.473. The Morgan fingerprint density at radius 1 is 1.24 bits per heavy atom. The Labute approximate surface area is 145 Å². The molecule has 25 heavy (non-hydrogen) atoms. The minimum Gasteiger partial charge on any atom is -0.396 e. The number of rotatable bonds is 8. The first kappa shape index (κ1) is 18.6. The Bertz CT molecular complexity index is 734. The second-order valence-electron chi connectivity index (χ2n) is 5.66. The summed E-state index contributed by atoms with van der Waals surface area (Å²) < 4.78 is 0. The number of non-ortho nitro benzene ring substituents is 1. The molecule has 0 aromatic heterocycles.